The summed E-state index contributed by atoms with van der Waals surface area (Å²) in [5, 5.41) is 0.186. The summed E-state index contributed by atoms with van der Waals surface area (Å²) in [6.07, 6.45) is 2.68. The van der Waals surface area contributed by atoms with E-state index in [-0.39, 0.29) is 17.0 Å². The first-order chi connectivity index (χ1) is 13.5. The van der Waals surface area contributed by atoms with Crippen LogP contribution < -0.4 is 4.74 Å². The monoisotopic (exact) mass is 465 g/mol. The van der Waals surface area contributed by atoms with Gasteiger partial charge in [0.15, 0.2) is 0 Å². The van der Waals surface area contributed by atoms with Crippen molar-refractivity contribution in [3.63, 3.8) is 0 Å². The molecule has 8 heteroatoms. The van der Waals surface area contributed by atoms with Crippen molar-refractivity contribution in [3.8, 4) is 5.75 Å². The van der Waals surface area contributed by atoms with E-state index < -0.39 is 0 Å². The van der Waals surface area contributed by atoms with Crippen LogP contribution >= 0.6 is 27.5 Å². The normalized spacial score (nSPS) is 14.1. The summed E-state index contributed by atoms with van der Waals surface area (Å²) in [6.45, 7) is 2.00. The quantitative estimate of drug-likeness (QED) is 0.634. The second-order valence-electron chi connectivity index (χ2n) is 6.51. The van der Waals surface area contributed by atoms with Crippen molar-refractivity contribution in [3.05, 3.63) is 57.3 Å². The Morgan fingerprint density at radius 2 is 1.79 bits per heavy atom. The lowest BCUT2D eigenvalue weighted by atomic mass is 10.1. The van der Waals surface area contributed by atoms with E-state index in [2.05, 4.69) is 20.9 Å². The molecule has 0 saturated carbocycles. The van der Waals surface area contributed by atoms with Gasteiger partial charge in [-0.1, -0.05) is 23.7 Å². The zero-order valence-corrected chi connectivity index (χ0v) is 17.9. The molecule has 0 atom stereocenters. The molecule has 0 bridgehead atoms. The summed E-state index contributed by atoms with van der Waals surface area (Å²) in [5.74, 6) is 0.741. The number of hydrogen-bond acceptors (Lipinski definition) is 4. The largest absolute Gasteiger partial charge is 0.497 e. The van der Waals surface area contributed by atoms with Gasteiger partial charge in [-0.15, -0.1) is 0 Å². The lowest BCUT2D eigenvalue weighted by molar-refractivity contribution is -0.132. The van der Waals surface area contributed by atoms with E-state index >= 15 is 0 Å². The molecule has 28 heavy (non-hydrogen) atoms. The smallest absolute Gasteiger partial charge is 0.257 e. The van der Waals surface area contributed by atoms with Gasteiger partial charge in [-0.2, -0.15) is 0 Å². The van der Waals surface area contributed by atoms with E-state index in [1.54, 1.807) is 24.3 Å². The molecule has 2 amide bonds. The number of piperazine rings is 1. The summed E-state index contributed by atoms with van der Waals surface area (Å²) in [6, 6.07) is 9.40. The van der Waals surface area contributed by atoms with Crippen LogP contribution in [0.5, 0.6) is 5.75 Å². The summed E-state index contributed by atoms with van der Waals surface area (Å²) in [4.78, 5) is 32.7. The number of pyridine rings is 1. The third-order valence-corrected chi connectivity index (χ3v) is 5.48. The molecule has 3 rings (SSSR count). The van der Waals surface area contributed by atoms with Crippen molar-refractivity contribution >= 4 is 39.3 Å². The fourth-order valence-corrected chi connectivity index (χ4v) is 3.62. The number of hydrogen-bond donors (Lipinski definition) is 0. The van der Waals surface area contributed by atoms with Crippen molar-refractivity contribution in [2.45, 2.75) is 12.8 Å². The van der Waals surface area contributed by atoms with Crippen LogP contribution in [-0.4, -0.2) is 59.9 Å². The van der Waals surface area contributed by atoms with Crippen molar-refractivity contribution in [1.29, 1.82) is 0 Å². The van der Waals surface area contributed by atoms with Gasteiger partial charge in [-0.3, -0.25) is 9.59 Å². The molecular formula is C20H21BrClN3O3. The molecule has 0 unspecified atom stereocenters. The van der Waals surface area contributed by atoms with E-state index in [1.165, 1.54) is 0 Å². The molecule has 1 aromatic heterocycles. The lowest BCUT2D eigenvalue weighted by Gasteiger charge is -2.35. The summed E-state index contributed by atoms with van der Waals surface area (Å²) < 4.78 is 5.84. The average molecular weight is 467 g/mol. The van der Waals surface area contributed by atoms with Crippen LogP contribution in [0.2, 0.25) is 5.15 Å². The number of ether oxygens (including phenoxy) is 1. The second-order valence-corrected chi connectivity index (χ2v) is 7.79. The predicted octanol–water partition coefficient (Wildman–Crippen LogP) is 3.42. The van der Waals surface area contributed by atoms with Gasteiger partial charge in [-0.25, -0.2) is 4.98 Å². The zero-order chi connectivity index (χ0) is 20.1. The molecule has 1 aromatic carbocycles. The topological polar surface area (TPSA) is 62.7 Å². The molecule has 1 fully saturated rings. The maximum absolute atomic E-state index is 12.7. The van der Waals surface area contributed by atoms with Crippen molar-refractivity contribution < 1.29 is 14.3 Å². The van der Waals surface area contributed by atoms with Crippen LogP contribution in [0, 0.1) is 0 Å². The average Bonchev–Trinajstić information content (AvgIpc) is 2.73. The standard InChI is InChI=1S/C20H21BrClN3O3/c1-28-16-5-2-14(3-6-16)4-7-18(26)24-8-10-25(11-9-24)20(27)17-12-15(21)13-23-19(17)22/h2-3,5-6,12-13H,4,7-11H2,1H3. The number of aromatic nitrogens is 1. The molecular weight excluding hydrogens is 446 g/mol. The number of aryl methyl sites for hydroxylation is 1. The number of carbonyl (C=O) groups is 2. The van der Waals surface area contributed by atoms with Crippen LogP contribution in [0.3, 0.4) is 0 Å². The molecule has 0 spiro atoms. The summed E-state index contributed by atoms with van der Waals surface area (Å²) in [7, 11) is 1.63. The highest BCUT2D eigenvalue weighted by Gasteiger charge is 2.26. The maximum atomic E-state index is 12.7. The summed E-state index contributed by atoms with van der Waals surface area (Å²) >= 11 is 9.37. The Morgan fingerprint density at radius 1 is 1.14 bits per heavy atom. The van der Waals surface area contributed by atoms with Gasteiger partial charge in [0.2, 0.25) is 5.91 Å². The number of carbonyl (C=O) groups excluding carboxylic acids is 2. The van der Waals surface area contributed by atoms with Gasteiger partial charge < -0.3 is 14.5 Å². The van der Waals surface area contributed by atoms with Gasteiger partial charge in [0.1, 0.15) is 10.9 Å². The molecule has 2 heterocycles. The molecule has 0 N–H and O–H groups in total. The van der Waals surface area contributed by atoms with E-state index in [9.17, 15) is 9.59 Å². The molecule has 0 radical (unpaired) electrons. The Morgan fingerprint density at radius 3 is 2.43 bits per heavy atom. The molecule has 1 saturated heterocycles. The predicted molar refractivity (Wildman–Crippen MR) is 111 cm³/mol. The van der Waals surface area contributed by atoms with Crippen LogP contribution in [0.1, 0.15) is 22.3 Å². The van der Waals surface area contributed by atoms with E-state index in [0.29, 0.717) is 49.1 Å². The van der Waals surface area contributed by atoms with Crippen LogP contribution in [-0.2, 0) is 11.2 Å². The van der Waals surface area contributed by atoms with Gasteiger partial charge >= 0.3 is 0 Å². The Kier molecular flexibility index (Phi) is 6.91. The van der Waals surface area contributed by atoms with Crippen molar-refractivity contribution in [2.24, 2.45) is 0 Å². The van der Waals surface area contributed by atoms with E-state index in [1.807, 2.05) is 29.2 Å². The van der Waals surface area contributed by atoms with Gasteiger partial charge in [0, 0.05) is 43.3 Å². The highest BCUT2D eigenvalue weighted by Crippen LogP contribution is 2.21. The number of halogens is 2. The zero-order valence-electron chi connectivity index (χ0n) is 15.5. The first-order valence-corrected chi connectivity index (χ1v) is 10.2. The minimum absolute atomic E-state index is 0.102. The van der Waals surface area contributed by atoms with Gasteiger partial charge in [-0.05, 0) is 46.1 Å². The number of rotatable bonds is 5. The Hall–Kier alpha value is -2.12. The first-order valence-electron chi connectivity index (χ1n) is 8.99. The highest BCUT2D eigenvalue weighted by atomic mass is 79.9. The Labute approximate surface area is 177 Å². The number of benzene rings is 1. The van der Waals surface area contributed by atoms with Crippen LogP contribution in [0.25, 0.3) is 0 Å². The van der Waals surface area contributed by atoms with E-state index in [4.69, 9.17) is 16.3 Å². The van der Waals surface area contributed by atoms with Crippen molar-refractivity contribution in [2.75, 3.05) is 33.3 Å². The van der Waals surface area contributed by atoms with Crippen molar-refractivity contribution in [1.82, 2.24) is 14.8 Å². The lowest BCUT2D eigenvalue weighted by Crippen LogP contribution is -2.50. The second kappa shape index (κ2) is 9.39. The fraction of sp³-hybridized carbons (Fsp3) is 0.350. The van der Waals surface area contributed by atoms with Gasteiger partial charge in [0.05, 0.1) is 12.7 Å². The number of amides is 2. The third-order valence-electron chi connectivity index (χ3n) is 4.74. The first kappa shape index (κ1) is 20.6. The SMILES string of the molecule is COc1ccc(CCC(=O)N2CCN(C(=O)c3cc(Br)cnc3Cl)CC2)cc1. The minimum atomic E-state index is -0.163. The molecule has 6 nitrogen and oxygen atoms in total. The van der Waals surface area contributed by atoms with E-state index in [0.717, 1.165) is 11.3 Å². The third kappa shape index (κ3) is 5.02. The number of nitrogens with zero attached hydrogens (tertiary/aromatic N) is 3. The van der Waals surface area contributed by atoms with Crippen LogP contribution in [0.15, 0.2) is 41.0 Å². The summed E-state index contributed by atoms with van der Waals surface area (Å²) in [5.41, 5.74) is 1.47. The Bertz CT molecular complexity index is 852. The van der Waals surface area contributed by atoms with Crippen LogP contribution in [0.4, 0.5) is 0 Å². The molecule has 2 aromatic rings. The fourth-order valence-electron chi connectivity index (χ4n) is 3.10. The minimum Gasteiger partial charge on any atom is -0.497 e. The molecule has 1 aliphatic heterocycles. The number of methoxy groups -OCH3 is 1. The molecule has 148 valence electrons. The Balaban J connectivity index is 1.50. The molecule has 1 aliphatic rings. The van der Waals surface area contributed by atoms with Gasteiger partial charge in [0.25, 0.3) is 5.91 Å². The molecule has 0 aliphatic carbocycles. The highest BCUT2D eigenvalue weighted by molar-refractivity contribution is 9.10. The maximum Gasteiger partial charge on any atom is 0.257 e.